The zero-order chi connectivity index (χ0) is 21.8. The number of fused-ring (bicyclic) bond motifs is 6. The summed E-state index contributed by atoms with van der Waals surface area (Å²) in [6.07, 6.45) is 0.953. The topological polar surface area (TPSA) is 0 Å². The molecular weight excluding hydrogens is 436 g/mol. The van der Waals surface area contributed by atoms with Gasteiger partial charge in [-0.15, -0.1) is 22.7 Å². The van der Waals surface area contributed by atoms with Gasteiger partial charge in [0.15, 0.2) is 0 Å². The first-order valence-electron chi connectivity index (χ1n) is 11.2. The van der Waals surface area contributed by atoms with Crippen LogP contribution in [0, 0.1) is 0 Å². The Morgan fingerprint density at radius 1 is 0.394 bits per heavy atom. The Bertz CT molecular complexity index is 1780. The van der Waals surface area contributed by atoms with Gasteiger partial charge in [-0.3, -0.25) is 0 Å². The van der Waals surface area contributed by atoms with E-state index < -0.39 is 0 Å². The Balaban J connectivity index is 1.21. The molecule has 0 aliphatic heterocycles. The smallest absolute Gasteiger partial charge is 0.0355 e. The van der Waals surface area contributed by atoms with Gasteiger partial charge in [-0.2, -0.15) is 0 Å². The molecule has 33 heavy (non-hydrogen) atoms. The van der Waals surface area contributed by atoms with Crippen molar-refractivity contribution < 1.29 is 0 Å². The highest BCUT2D eigenvalue weighted by molar-refractivity contribution is 7.26. The summed E-state index contributed by atoms with van der Waals surface area (Å²) in [6.45, 7) is 0. The number of benzene rings is 5. The van der Waals surface area contributed by atoms with Crippen molar-refractivity contribution in [2.45, 2.75) is 6.42 Å². The number of hydrogen-bond acceptors (Lipinski definition) is 2. The van der Waals surface area contributed by atoms with E-state index in [1.165, 1.54) is 62.6 Å². The highest BCUT2D eigenvalue weighted by Gasteiger charge is 2.08. The van der Waals surface area contributed by atoms with Crippen LogP contribution in [0.3, 0.4) is 0 Å². The Kier molecular flexibility index (Phi) is 4.36. The molecule has 7 aromatic rings. The van der Waals surface area contributed by atoms with Crippen molar-refractivity contribution in [2.75, 3.05) is 0 Å². The normalized spacial score (nSPS) is 11.8. The van der Waals surface area contributed by atoms with Gasteiger partial charge in [0.25, 0.3) is 0 Å². The molecule has 0 saturated carbocycles. The van der Waals surface area contributed by atoms with Gasteiger partial charge < -0.3 is 0 Å². The first-order chi connectivity index (χ1) is 16.3. The molecule has 2 heterocycles. The first kappa shape index (κ1) is 19.0. The molecule has 0 radical (unpaired) electrons. The molecule has 0 fully saturated rings. The molecule has 0 nitrogen and oxygen atoms in total. The zero-order valence-electron chi connectivity index (χ0n) is 17.9. The van der Waals surface area contributed by atoms with Gasteiger partial charge in [-0.1, -0.05) is 72.8 Å². The van der Waals surface area contributed by atoms with Crippen molar-refractivity contribution in [3.63, 3.8) is 0 Å². The number of hydrogen-bond donors (Lipinski definition) is 0. The predicted octanol–water partition coefficient (Wildman–Crippen LogP) is 9.68. The molecule has 0 spiro atoms. The summed E-state index contributed by atoms with van der Waals surface area (Å²) in [6, 6.07) is 40.3. The third kappa shape index (κ3) is 3.26. The van der Waals surface area contributed by atoms with Crippen LogP contribution >= 0.6 is 22.7 Å². The summed E-state index contributed by atoms with van der Waals surface area (Å²) in [5.41, 5.74) is 5.27. The standard InChI is InChI=1S/C31H20S2/c1-3-7-28-24(5-1)26-18-21(11-15-30(26)32-28)17-20-9-12-22(13-10-20)23-14-16-31-27(19-23)25-6-2-4-8-29(25)33-31/h1-16,18-19H,17H2. The van der Waals surface area contributed by atoms with Crippen molar-refractivity contribution in [3.05, 3.63) is 120 Å². The second-order valence-corrected chi connectivity index (χ2v) is 10.8. The van der Waals surface area contributed by atoms with Gasteiger partial charge >= 0.3 is 0 Å². The van der Waals surface area contributed by atoms with E-state index in [4.69, 9.17) is 0 Å². The lowest BCUT2D eigenvalue weighted by atomic mass is 9.98. The monoisotopic (exact) mass is 456 g/mol. The number of thiophene rings is 2. The minimum atomic E-state index is 0.953. The van der Waals surface area contributed by atoms with E-state index in [9.17, 15) is 0 Å². The molecule has 0 aliphatic rings. The van der Waals surface area contributed by atoms with Crippen LogP contribution in [-0.4, -0.2) is 0 Å². The zero-order valence-corrected chi connectivity index (χ0v) is 19.5. The molecule has 0 bridgehead atoms. The van der Waals surface area contributed by atoms with Gasteiger partial charge in [0, 0.05) is 40.3 Å². The lowest BCUT2D eigenvalue weighted by Crippen LogP contribution is -1.88. The molecule has 0 atom stereocenters. The van der Waals surface area contributed by atoms with Crippen LogP contribution in [0.15, 0.2) is 109 Å². The average Bonchev–Trinajstić information content (AvgIpc) is 3.42. The molecular formula is C31H20S2. The highest BCUT2D eigenvalue weighted by Crippen LogP contribution is 2.37. The van der Waals surface area contributed by atoms with Gasteiger partial charge in [0.2, 0.25) is 0 Å². The van der Waals surface area contributed by atoms with Crippen molar-refractivity contribution >= 4 is 63.0 Å². The summed E-state index contributed by atoms with van der Waals surface area (Å²) >= 11 is 3.75. The van der Waals surface area contributed by atoms with Crippen LogP contribution in [0.1, 0.15) is 11.1 Å². The van der Waals surface area contributed by atoms with E-state index in [-0.39, 0.29) is 0 Å². The van der Waals surface area contributed by atoms with E-state index >= 15 is 0 Å². The van der Waals surface area contributed by atoms with E-state index in [0.29, 0.717) is 0 Å². The average molecular weight is 457 g/mol. The summed E-state index contributed by atoms with van der Waals surface area (Å²) in [7, 11) is 0. The quantitative estimate of drug-likeness (QED) is 0.248. The third-order valence-electron chi connectivity index (χ3n) is 6.51. The first-order valence-corrected chi connectivity index (χ1v) is 12.9. The SMILES string of the molecule is c1ccc2c(c1)sc1ccc(Cc3ccc(-c4ccc5sc6ccccc6c5c4)cc3)cc12. The molecule has 2 heteroatoms. The minimum Gasteiger partial charge on any atom is -0.135 e. The lowest BCUT2D eigenvalue weighted by molar-refractivity contribution is 1.20. The van der Waals surface area contributed by atoms with E-state index in [2.05, 4.69) is 109 Å². The van der Waals surface area contributed by atoms with E-state index in [1.54, 1.807) is 0 Å². The molecule has 0 unspecified atom stereocenters. The Labute approximate surface area is 200 Å². The molecule has 156 valence electrons. The molecule has 0 aliphatic carbocycles. The highest BCUT2D eigenvalue weighted by atomic mass is 32.1. The molecule has 0 N–H and O–H groups in total. The Morgan fingerprint density at radius 3 is 1.61 bits per heavy atom. The second-order valence-electron chi connectivity index (χ2n) is 8.61. The second kappa shape index (κ2) is 7.55. The maximum atomic E-state index is 2.37. The Hall–Kier alpha value is -3.46. The van der Waals surface area contributed by atoms with Crippen molar-refractivity contribution in [1.29, 1.82) is 0 Å². The fraction of sp³-hybridized carbons (Fsp3) is 0.0323. The summed E-state index contributed by atoms with van der Waals surface area (Å²) in [5, 5.41) is 5.45. The molecule has 7 rings (SSSR count). The van der Waals surface area contributed by atoms with Gasteiger partial charge in [-0.25, -0.2) is 0 Å². The van der Waals surface area contributed by atoms with Gasteiger partial charge in [-0.05, 0) is 65.1 Å². The molecule has 0 amide bonds. The summed E-state index contributed by atoms with van der Waals surface area (Å²) < 4.78 is 5.44. The van der Waals surface area contributed by atoms with Crippen LogP contribution in [0.5, 0.6) is 0 Å². The maximum Gasteiger partial charge on any atom is 0.0355 e. The third-order valence-corrected chi connectivity index (χ3v) is 8.82. The lowest BCUT2D eigenvalue weighted by Gasteiger charge is -2.06. The summed E-state index contributed by atoms with van der Waals surface area (Å²) in [4.78, 5) is 0. The van der Waals surface area contributed by atoms with E-state index in [0.717, 1.165) is 6.42 Å². The largest absolute Gasteiger partial charge is 0.135 e. The van der Waals surface area contributed by atoms with E-state index in [1.807, 2.05) is 22.7 Å². The van der Waals surface area contributed by atoms with Crippen LogP contribution in [0.25, 0.3) is 51.5 Å². The fourth-order valence-corrected chi connectivity index (χ4v) is 7.01. The van der Waals surface area contributed by atoms with Gasteiger partial charge in [0.1, 0.15) is 0 Å². The van der Waals surface area contributed by atoms with Crippen molar-refractivity contribution in [2.24, 2.45) is 0 Å². The molecule has 5 aromatic carbocycles. The molecule has 0 saturated heterocycles. The van der Waals surface area contributed by atoms with Crippen LogP contribution < -0.4 is 0 Å². The van der Waals surface area contributed by atoms with Crippen LogP contribution in [-0.2, 0) is 6.42 Å². The number of rotatable bonds is 3. The minimum absolute atomic E-state index is 0.953. The fourth-order valence-electron chi connectivity index (χ4n) is 4.84. The molecule has 2 aromatic heterocycles. The maximum absolute atomic E-state index is 2.37. The van der Waals surface area contributed by atoms with Crippen LogP contribution in [0.4, 0.5) is 0 Å². The van der Waals surface area contributed by atoms with Crippen molar-refractivity contribution in [1.82, 2.24) is 0 Å². The van der Waals surface area contributed by atoms with Crippen molar-refractivity contribution in [3.8, 4) is 11.1 Å². The summed E-state index contributed by atoms with van der Waals surface area (Å²) in [5.74, 6) is 0. The Morgan fingerprint density at radius 2 is 0.909 bits per heavy atom. The predicted molar refractivity (Wildman–Crippen MR) is 147 cm³/mol. The van der Waals surface area contributed by atoms with Crippen LogP contribution in [0.2, 0.25) is 0 Å². The van der Waals surface area contributed by atoms with Gasteiger partial charge in [0.05, 0.1) is 0 Å².